The molecule has 3 N–H and O–H groups in total. The van der Waals surface area contributed by atoms with Gasteiger partial charge in [-0.3, -0.25) is 0 Å². The van der Waals surface area contributed by atoms with Crippen molar-refractivity contribution < 1.29 is 9.47 Å². The highest BCUT2D eigenvalue weighted by Gasteiger charge is 2.11. The van der Waals surface area contributed by atoms with Gasteiger partial charge in [0.2, 0.25) is 0 Å². The van der Waals surface area contributed by atoms with Crippen LogP contribution >= 0.6 is 0 Å². The number of fused-ring (bicyclic) bond motifs is 1. The first-order chi connectivity index (χ1) is 7.75. The van der Waals surface area contributed by atoms with Crippen LogP contribution in [0.2, 0.25) is 0 Å². The molecule has 1 atom stereocenters. The average molecular weight is 222 g/mol. The molecule has 0 amide bonds. The molecule has 16 heavy (non-hydrogen) atoms. The molecule has 0 fully saturated rings. The van der Waals surface area contributed by atoms with Crippen LogP contribution in [-0.2, 0) is 6.54 Å². The van der Waals surface area contributed by atoms with Crippen molar-refractivity contribution in [2.45, 2.75) is 19.5 Å². The second-order valence-corrected chi connectivity index (χ2v) is 4.09. The maximum atomic E-state index is 5.66. The number of benzene rings is 1. The Kier molecular flexibility index (Phi) is 3.64. The van der Waals surface area contributed by atoms with Crippen LogP contribution in [0, 0.1) is 0 Å². The van der Waals surface area contributed by atoms with Gasteiger partial charge in [0.25, 0.3) is 0 Å². The van der Waals surface area contributed by atoms with E-state index in [2.05, 4.69) is 5.32 Å². The monoisotopic (exact) mass is 222 g/mol. The number of hydrogen-bond acceptors (Lipinski definition) is 4. The van der Waals surface area contributed by atoms with E-state index in [1.807, 2.05) is 25.1 Å². The normalized spacial score (nSPS) is 15.9. The van der Waals surface area contributed by atoms with Gasteiger partial charge in [-0.05, 0) is 24.6 Å². The van der Waals surface area contributed by atoms with Gasteiger partial charge < -0.3 is 20.5 Å². The molecule has 1 aromatic rings. The lowest BCUT2D eigenvalue weighted by Crippen LogP contribution is -2.30. The molecule has 1 aliphatic heterocycles. The molecule has 4 heteroatoms. The standard InChI is InChI=1S/C12H18N2O2/c1-9(13)7-14-8-10-2-3-11-12(6-10)16-5-4-15-11/h2-3,6,9,14H,4-5,7-8,13H2,1H3. The summed E-state index contributed by atoms with van der Waals surface area (Å²) in [6.45, 7) is 4.86. The molecule has 2 rings (SSSR count). The van der Waals surface area contributed by atoms with Crippen molar-refractivity contribution in [2.75, 3.05) is 19.8 Å². The average Bonchev–Trinajstić information content (AvgIpc) is 2.28. The summed E-state index contributed by atoms with van der Waals surface area (Å²) in [4.78, 5) is 0. The summed E-state index contributed by atoms with van der Waals surface area (Å²) in [6.07, 6.45) is 0. The van der Waals surface area contributed by atoms with Crippen LogP contribution < -0.4 is 20.5 Å². The third kappa shape index (κ3) is 2.87. The van der Waals surface area contributed by atoms with Gasteiger partial charge in [0.15, 0.2) is 11.5 Å². The second kappa shape index (κ2) is 5.18. The molecule has 0 aliphatic carbocycles. The summed E-state index contributed by atoms with van der Waals surface area (Å²) in [7, 11) is 0. The minimum Gasteiger partial charge on any atom is -0.486 e. The van der Waals surface area contributed by atoms with Crippen molar-refractivity contribution in [2.24, 2.45) is 5.73 Å². The Morgan fingerprint density at radius 3 is 2.81 bits per heavy atom. The number of ether oxygens (including phenoxy) is 2. The van der Waals surface area contributed by atoms with Crippen molar-refractivity contribution in [3.8, 4) is 11.5 Å². The van der Waals surface area contributed by atoms with Crippen LogP contribution in [-0.4, -0.2) is 25.8 Å². The fourth-order valence-corrected chi connectivity index (χ4v) is 1.64. The topological polar surface area (TPSA) is 56.5 Å². The van der Waals surface area contributed by atoms with E-state index in [9.17, 15) is 0 Å². The van der Waals surface area contributed by atoms with Gasteiger partial charge in [-0.15, -0.1) is 0 Å². The van der Waals surface area contributed by atoms with E-state index in [1.165, 1.54) is 5.56 Å². The number of nitrogens with two attached hydrogens (primary N) is 1. The zero-order chi connectivity index (χ0) is 11.4. The van der Waals surface area contributed by atoms with Gasteiger partial charge in [-0.1, -0.05) is 6.07 Å². The van der Waals surface area contributed by atoms with E-state index in [0.717, 1.165) is 24.6 Å². The molecule has 1 unspecified atom stereocenters. The molecule has 1 aliphatic rings. The Balaban J connectivity index is 1.95. The van der Waals surface area contributed by atoms with Gasteiger partial charge in [-0.25, -0.2) is 0 Å². The highest BCUT2D eigenvalue weighted by atomic mass is 16.6. The fourth-order valence-electron chi connectivity index (χ4n) is 1.64. The Morgan fingerprint density at radius 2 is 2.06 bits per heavy atom. The highest BCUT2D eigenvalue weighted by molar-refractivity contribution is 5.43. The van der Waals surface area contributed by atoms with E-state index >= 15 is 0 Å². The van der Waals surface area contributed by atoms with Crippen LogP contribution in [0.25, 0.3) is 0 Å². The summed E-state index contributed by atoms with van der Waals surface area (Å²) in [5, 5.41) is 3.29. The summed E-state index contributed by atoms with van der Waals surface area (Å²) in [5.74, 6) is 1.67. The SMILES string of the molecule is CC(N)CNCc1ccc2c(c1)OCCO2. The molecule has 0 saturated heterocycles. The molecule has 0 saturated carbocycles. The second-order valence-electron chi connectivity index (χ2n) is 4.09. The predicted molar refractivity (Wildman–Crippen MR) is 62.8 cm³/mol. The highest BCUT2D eigenvalue weighted by Crippen LogP contribution is 2.30. The maximum Gasteiger partial charge on any atom is 0.161 e. The Bertz CT molecular complexity index is 353. The molecule has 4 nitrogen and oxygen atoms in total. The van der Waals surface area contributed by atoms with E-state index in [4.69, 9.17) is 15.2 Å². The molecule has 0 spiro atoms. The molecule has 88 valence electrons. The van der Waals surface area contributed by atoms with Gasteiger partial charge in [0.1, 0.15) is 13.2 Å². The number of rotatable bonds is 4. The molecule has 0 aromatic heterocycles. The van der Waals surface area contributed by atoms with Crippen molar-refractivity contribution in [3.63, 3.8) is 0 Å². The summed E-state index contributed by atoms with van der Waals surface area (Å²) in [5.41, 5.74) is 6.85. The lowest BCUT2D eigenvalue weighted by molar-refractivity contribution is 0.171. The van der Waals surface area contributed by atoms with Crippen molar-refractivity contribution in [1.82, 2.24) is 5.32 Å². The van der Waals surface area contributed by atoms with Crippen molar-refractivity contribution in [1.29, 1.82) is 0 Å². The zero-order valence-electron chi connectivity index (χ0n) is 9.53. The van der Waals surface area contributed by atoms with Crippen LogP contribution in [0.3, 0.4) is 0 Å². The summed E-state index contributed by atoms with van der Waals surface area (Å²) in [6, 6.07) is 6.19. The molecular formula is C12H18N2O2. The van der Waals surface area contributed by atoms with Gasteiger partial charge >= 0.3 is 0 Å². The first-order valence-electron chi connectivity index (χ1n) is 5.60. The first kappa shape index (κ1) is 11.2. The predicted octanol–water partition coefficient (Wildman–Crippen LogP) is 0.895. The molecule has 0 radical (unpaired) electrons. The van der Waals surface area contributed by atoms with Crippen LogP contribution in [0.1, 0.15) is 12.5 Å². The Hall–Kier alpha value is -1.26. The quantitative estimate of drug-likeness (QED) is 0.794. The van der Waals surface area contributed by atoms with E-state index in [0.29, 0.717) is 13.2 Å². The lowest BCUT2D eigenvalue weighted by atomic mass is 10.2. The van der Waals surface area contributed by atoms with E-state index < -0.39 is 0 Å². The molecule has 1 heterocycles. The molecule has 1 aromatic carbocycles. The largest absolute Gasteiger partial charge is 0.486 e. The van der Waals surface area contributed by atoms with Gasteiger partial charge in [0, 0.05) is 19.1 Å². The van der Waals surface area contributed by atoms with Crippen molar-refractivity contribution in [3.05, 3.63) is 23.8 Å². The minimum absolute atomic E-state index is 0.178. The zero-order valence-corrected chi connectivity index (χ0v) is 9.53. The number of hydrogen-bond donors (Lipinski definition) is 2. The fraction of sp³-hybridized carbons (Fsp3) is 0.500. The number of nitrogens with one attached hydrogen (secondary N) is 1. The van der Waals surface area contributed by atoms with Crippen molar-refractivity contribution >= 4 is 0 Å². The smallest absolute Gasteiger partial charge is 0.161 e. The Labute approximate surface area is 95.7 Å². The molecular weight excluding hydrogens is 204 g/mol. The van der Waals surface area contributed by atoms with E-state index in [1.54, 1.807) is 0 Å². The van der Waals surface area contributed by atoms with E-state index in [-0.39, 0.29) is 6.04 Å². The summed E-state index contributed by atoms with van der Waals surface area (Å²) < 4.78 is 11.0. The minimum atomic E-state index is 0.178. The molecule has 0 bridgehead atoms. The van der Waals surface area contributed by atoms with Crippen LogP contribution in [0.4, 0.5) is 0 Å². The summed E-state index contributed by atoms with van der Waals surface area (Å²) >= 11 is 0. The third-order valence-corrected chi connectivity index (χ3v) is 2.40. The van der Waals surface area contributed by atoms with Crippen LogP contribution in [0.15, 0.2) is 18.2 Å². The lowest BCUT2D eigenvalue weighted by Gasteiger charge is -2.19. The van der Waals surface area contributed by atoms with Crippen LogP contribution in [0.5, 0.6) is 11.5 Å². The van der Waals surface area contributed by atoms with Gasteiger partial charge in [-0.2, -0.15) is 0 Å². The van der Waals surface area contributed by atoms with Gasteiger partial charge in [0.05, 0.1) is 0 Å². The Morgan fingerprint density at radius 1 is 1.31 bits per heavy atom. The maximum absolute atomic E-state index is 5.66. The first-order valence-corrected chi connectivity index (χ1v) is 5.60. The third-order valence-electron chi connectivity index (χ3n) is 2.40.